The summed E-state index contributed by atoms with van der Waals surface area (Å²) in [5.74, 6) is 0. The van der Waals surface area contributed by atoms with Gasteiger partial charge in [-0.1, -0.05) is 89.5 Å². The normalized spacial score (nSPS) is 10.4. The molecule has 0 saturated carbocycles. The molecule has 0 unspecified atom stereocenters. The van der Waals surface area contributed by atoms with E-state index in [1.807, 2.05) is 0 Å². The number of benzene rings is 3. The summed E-state index contributed by atoms with van der Waals surface area (Å²) < 4.78 is 0. The molecule has 118 valence electrons. The monoisotopic (exact) mass is 432 g/mol. The van der Waals surface area contributed by atoms with E-state index in [1.165, 1.54) is 32.6 Å². The molecule has 0 fully saturated rings. The van der Waals surface area contributed by atoms with Gasteiger partial charge in [-0.2, -0.15) is 0 Å². The predicted octanol–water partition coefficient (Wildman–Crippen LogP) is 4.99. The summed E-state index contributed by atoms with van der Waals surface area (Å²) >= 11 is 0. The zero-order chi connectivity index (χ0) is 15.5. The van der Waals surface area contributed by atoms with Crippen molar-refractivity contribution in [3.8, 4) is 0 Å². The Balaban J connectivity index is 0.00000192. The highest BCUT2D eigenvalue weighted by Crippen LogP contribution is 2.33. The van der Waals surface area contributed by atoms with Crippen molar-refractivity contribution >= 4 is 47.8 Å². The van der Waals surface area contributed by atoms with Gasteiger partial charge in [0.05, 0.1) is 0 Å². The number of hydrogen-bond acceptors (Lipinski definition) is 0. The largest absolute Gasteiger partial charge is 0.107 e. The lowest BCUT2D eigenvalue weighted by Crippen LogP contribution is -2.21. The summed E-state index contributed by atoms with van der Waals surface area (Å²) in [6.45, 7) is 6.51. The van der Waals surface area contributed by atoms with E-state index in [4.69, 9.17) is 0 Å². The molecule has 2 heteroatoms. The van der Waals surface area contributed by atoms with E-state index < -0.39 is 7.92 Å². The Kier molecular flexibility index (Phi) is 6.38. The van der Waals surface area contributed by atoms with Gasteiger partial charge in [-0.15, -0.1) is 24.0 Å². The van der Waals surface area contributed by atoms with Gasteiger partial charge in [-0.3, -0.25) is 0 Å². The molecule has 0 N–H and O–H groups in total. The minimum absolute atomic E-state index is 0. The van der Waals surface area contributed by atoms with E-state index in [-0.39, 0.29) is 24.0 Å². The molecule has 3 rings (SSSR count). The van der Waals surface area contributed by atoms with Crippen molar-refractivity contribution in [2.45, 2.75) is 20.8 Å². The van der Waals surface area contributed by atoms with Crippen LogP contribution < -0.4 is 15.9 Å². The van der Waals surface area contributed by atoms with Crippen LogP contribution in [-0.4, -0.2) is 0 Å². The van der Waals surface area contributed by atoms with Gasteiger partial charge in [-0.25, -0.2) is 0 Å². The summed E-state index contributed by atoms with van der Waals surface area (Å²) in [4.78, 5) is 0. The first-order chi connectivity index (χ1) is 10.6. The van der Waals surface area contributed by atoms with E-state index in [1.54, 1.807) is 0 Å². The van der Waals surface area contributed by atoms with Crippen molar-refractivity contribution in [3.05, 3.63) is 89.5 Å². The third kappa shape index (κ3) is 4.43. The fraction of sp³-hybridized carbons (Fsp3) is 0.143. The lowest BCUT2D eigenvalue weighted by molar-refractivity contribution is 1.48. The highest BCUT2D eigenvalue weighted by Gasteiger charge is 2.16. The number of hydrogen-bond donors (Lipinski definition) is 0. The van der Waals surface area contributed by atoms with Gasteiger partial charge in [0.1, 0.15) is 0 Å². The Morgan fingerprint density at radius 3 is 1.09 bits per heavy atom. The quantitative estimate of drug-likeness (QED) is 0.404. The zero-order valence-electron chi connectivity index (χ0n) is 13.8. The molecule has 0 aliphatic heterocycles. The Labute approximate surface area is 157 Å². The molecule has 0 aliphatic rings. The summed E-state index contributed by atoms with van der Waals surface area (Å²) in [5, 5.41) is 4.27. The summed E-state index contributed by atoms with van der Waals surface area (Å²) in [6.07, 6.45) is 0. The second kappa shape index (κ2) is 8.08. The lowest BCUT2D eigenvalue weighted by Gasteiger charge is -2.20. The van der Waals surface area contributed by atoms with Gasteiger partial charge < -0.3 is 0 Å². The van der Waals surface area contributed by atoms with Crippen LogP contribution in [0.15, 0.2) is 72.8 Å². The molecule has 0 atom stereocenters. The Hall–Kier alpha value is -1.18. The van der Waals surface area contributed by atoms with Crippen molar-refractivity contribution in [1.29, 1.82) is 0 Å². The second-order valence-electron chi connectivity index (χ2n) is 5.85. The Bertz CT molecular complexity index is 687. The van der Waals surface area contributed by atoms with Crippen LogP contribution in [0.25, 0.3) is 0 Å². The smallest absolute Gasteiger partial charge is 0.0134 e. The van der Waals surface area contributed by atoms with E-state index in [0.717, 1.165) is 0 Å². The highest BCUT2D eigenvalue weighted by atomic mass is 127. The first kappa shape index (κ1) is 18.2. The summed E-state index contributed by atoms with van der Waals surface area (Å²) in [7, 11) is -0.495. The first-order valence-corrected chi connectivity index (χ1v) is 8.98. The summed E-state index contributed by atoms with van der Waals surface area (Å²) in [6, 6.07) is 26.8. The molecule has 0 spiro atoms. The van der Waals surface area contributed by atoms with Crippen LogP contribution in [0.4, 0.5) is 0 Å². The molecule has 0 radical (unpaired) electrons. The third-order valence-corrected chi connectivity index (χ3v) is 6.16. The van der Waals surface area contributed by atoms with E-state index >= 15 is 0 Å². The van der Waals surface area contributed by atoms with Crippen molar-refractivity contribution < 1.29 is 0 Å². The number of halogens is 1. The van der Waals surface area contributed by atoms with Crippen LogP contribution in [-0.2, 0) is 0 Å². The lowest BCUT2D eigenvalue weighted by atomic mass is 10.2. The minimum Gasteiger partial charge on any atom is -0.107 e. The van der Waals surface area contributed by atoms with Crippen molar-refractivity contribution in [2.75, 3.05) is 0 Å². The molecule has 0 bridgehead atoms. The fourth-order valence-electron chi connectivity index (χ4n) is 2.75. The molecule has 0 saturated heterocycles. The van der Waals surface area contributed by atoms with Gasteiger partial charge in [0.15, 0.2) is 0 Å². The second-order valence-corrected chi connectivity index (χ2v) is 8.07. The highest BCUT2D eigenvalue weighted by molar-refractivity contribution is 14.0. The first-order valence-electron chi connectivity index (χ1n) is 7.63. The zero-order valence-corrected chi connectivity index (χ0v) is 17.0. The molecule has 3 aromatic rings. The third-order valence-electron chi connectivity index (χ3n) is 3.78. The average molecular weight is 432 g/mol. The topological polar surface area (TPSA) is 0 Å². The van der Waals surface area contributed by atoms with Crippen LogP contribution >= 0.6 is 31.9 Å². The van der Waals surface area contributed by atoms with Crippen LogP contribution in [0.1, 0.15) is 16.7 Å². The van der Waals surface area contributed by atoms with Crippen LogP contribution in [0.5, 0.6) is 0 Å². The Morgan fingerprint density at radius 1 is 0.522 bits per heavy atom. The average Bonchev–Trinajstić information content (AvgIpc) is 2.48. The maximum absolute atomic E-state index is 2.33. The van der Waals surface area contributed by atoms with E-state index in [9.17, 15) is 0 Å². The maximum atomic E-state index is 2.33. The number of rotatable bonds is 3. The minimum atomic E-state index is -0.495. The van der Waals surface area contributed by atoms with Gasteiger partial charge in [0.2, 0.25) is 0 Å². The maximum Gasteiger partial charge on any atom is -0.0134 e. The SMILES string of the molecule is Cc1cccc(P(c2cccc(C)c2)c2cccc(C)c2)c1.I. The molecule has 3 aromatic carbocycles. The molecule has 0 nitrogen and oxygen atoms in total. The van der Waals surface area contributed by atoms with Gasteiger partial charge in [-0.05, 0) is 44.6 Å². The molecular weight excluding hydrogens is 410 g/mol. The van der Waals surface area contributed by atoms with Crippen LogP contribution in [0.3, 0.4) is 0 Å². The fourth-order valence-corrected chi connectivity index (χ4v) is 5.35. The van der Waals surface area contributed by atoms with Crippen molar-refractivity contribution in [1.82, 2.24) is 0 Å². The molecular formula is C21H22IP. The molecule has 23 heavy (non-hydrogen) atoms. The molecule has 0 aliphatic carbocycles. The van der Waals surface area contributed by atoms with E-state index in [2.05, 4.69) is 93.6 Å². The van der Waals surface area contributed by atoms with Crippen LogP contribution in [0, 0.1) is 20.8 Å². The van der Waals surface area contributed by atoms with Gasteiger partial charge >= 0.3 is 0 Å². The Morgan fingerprint density at radius 2 is 0.826 bits per heavy atom. The molecule has 0 heterocycles. The van der Waals surface area contributed by atoms with Crippen molar-refractivity contribution in [2.24, 2.45) is 0 Å². The van der Waals surface area contributed by atoms with Crippen molar-refractivity contribution in [3.63, 3.8) is 0 Å². The van der Waals surface area contributed by atoms with Crippen LogP contribution in [0.2, 0.25) is 0 Å². The predicted molar refractivity (Wildman–Crippen MR) is 115 cm³/mol. The standard InChI is InChI=1S/C21H21P.HI/c1-16-7-4-10-19(13-16)22(20-11-5-8-17(2)14-20)21-12-6-9-18(3)15-21;/h4-15H,1-3H3;1H. The molecule has 0 aromatic heterocycles. The van der Waals surface area contributed by atoms with Gasteiger partial charge in [0, 0.05) is 0 Å². The van der Waals surface area contributed by atoms with Gasteiger partial charge in [0.25, 0.3) is 0 Å². The number of aryl methyl sites for hydroxylation is 3. The molecule has 0 amide bonds. The summed E-state index contributed by atoms with van der Waals surface area (Å²) in [5.41, 5.74) is 3.97. The van der Waals surface area contributed by atoms with E-state index in [0.29, 0.717) is 0 Å².